The number of ketones is 1. The molecule has 124 valence electrons. The van der Waals surface area contributed by atoms with Crippen molar-refractivity contribution in [2.24, 2.45) is 0 Å². The number of fused-ring (bicyclic) bond motifs is 1. The molecule has 0 aliphatic carbocycles. The summed E-state index contributed by atoms with van der Waals surface area (Å²) in [6.07, 6.45) is 1.77. The summed E-state index contributed by atoms with van der Waals surface area (Å²) in [4.78, 5) is 15.4. The minimum atomic E-state index is 0.0666. The van der Waals surface area contributed by atoms with Gasteiger partial charge in [-0.25, -0.2) is 0 Å². The molecule has 1 heterocycles. The maximum atomic E-state index is 12.3. The first-order chi connectivity index (χ1) is 11.8. The van der Waals surface area contributed by atoms with Gasteiger partial charge < -0.3 is 19.8 Å². The topological polar surface area (TPSA) is 63.4 Å². The van der Waals surface area contributed by atoms with Gasteiger partial charge in [0.25, 0.3) is 0 Å². The monoisotopic (exact) mass is 324 g/mol. The lowest BCUT2D eigenvalue weighted by molar-refractivity contribution is 0.0991. The number of Topliss-reactive ketones (excluding diaryl/α,β-unsaturated/α-hetero) is 1. The fraction of sp³-hybridized carbons (Fsp3) is 0.211. The van der Waals surface area contributed by atoms with Gasteiger partial charge in [0.1, 0.15) is 18.1 Å². The molecule has 0 aliphatic rings. The van der Waals surface area contributed by atoms with E-state index < -0.39 is 0 Å². The molecule has 5 nitrogen and oxygen atoms in total. The van der Waals surface area contributed by atoms with Crippen molar-refractivity contribution in [3.8, 4) is 11.5 Å². The third kappa shape index (κ3) is 3.75. The molecule has 2 aromatic carbocycles. The van der Waals surface area contributed by atoms with Gasteiger partial charge in [0.05, 0.1) is 13.7 Å². The maximum Gasteiger partial charge on any atom is 0.178 e. The second-order valence-corrected chi connectivity index (χ2v) is 5.37. The van der Waals surface area contributed by atoms with E-state index in [1.807, 2.05) is 48.5 Å². The maximum absolute atomic E-state index is 12.3. The Hall–Kier alpha value is -2.79. The minimum Gasteiger partial charge on any atom is -0.497 e. The summed E-state index contributed by atoms with van der Waals surface area (Å²) in [5, 5.41) is 4.08. The number of hydrogen-bond donors (Lipinski definition) is 2. The molecule has 0 saturated heterocycles. The van der Waals surface area contributed by atoms with Crippen molar-refractivity contribution in [1.82, 2.24) is 10.3 Å². The number of para-hydroxylation sites is 1. The Balaban J connectivity index is 1.43. The Morgan fingerprint density at radius 3 is 2.62 bits per heavy atom. The number of aromatic amines is 1. The highest BCUT2D eigenvalue weighted by molar-refractivity contribution is 6.08. The molecule has 0 saturated carbocycles. The fourth-order valence-corrected chi connectivity index (χ4v) is 2.51. The van der Waals surface area contributed by atoms with Crippen LogP contribution in [-0.4, -0.2) is 37.6 Å². The zero-order chi connectivity index (χ0) is 16.8. The van der Waals surface area contributed by atoms with Gasteiger partial charge in [0.15, 0.2) is 5.78 Å². The van der Waals surface area contributed by atoms with Crippen LogP contribution in [0.5, 0.6) is 11.5 Å². The number of nitrogens with one attached hydrogen (secondary N) is 2. The van der Waals surface area contributed by atoms with Gasteiger partial charge in [0.2, 0.25) is 0 Å². The second kappa shape index (κ2) is 7.66. The van der Waals surface area contributed by atoms with Crippen LogP contribution in [0.25, 0.3) is 10.9 Å². The SMILES string of the molecule is COc1ccc(OCCNCC(=O)c2c[nH]c3ccccc23)cc1. The third-order valence-corrected chi connectivity index (χ3v) is 3.78. The largest absolute Gasteiger partial charge is 0.497 e. The van der Waals surface area contributed by atoms with Crippen LogP contribution in [0.2, 0.25) is 0 Å². The molecule has 0 amide bonds. The highest BCUT2D eigenvalue weighted by Crippen LogP contribution is 2.18. The van der Waals surface area contributed by atoms with Gasteiger partial charge in [-0.2, -0.15) is 0 Å². The number of benzene rings is 2. The van der Waals surface area contributed by atoms with Crippen molar-refractivity contribution in [3.63, 3.8) is 0 Å². The quantitative estimate of drug-likeness (QED) is 0.494. The normalized spacial score (nSPS) is 10.7. The van der Waals surface area contributed by atoms with Gasteiger partial charge in [-0.3, -0.25) is 4.79 Å². The number of ether oxygens (including phenoxy) is 2. The molecule has 0 bridgehead atoms. The summed E-state index contributed by atoms with van der Waals surface area (Å²) in [6.45, 7) is 1.38. The summed E-state index contributed by atoms with van der Waals surface area (Å²) < 4.78 is 10.7. The molecule has 2 N–H and O–H groups in total. The standard InChI is InChI=1S/C19H20N2O3/c1-23-14-6-8-15(9-7-14)24-11-10-20-13-19(22)17-12-21-18-5-3-2-4-16(17)18/h2-9,12,20-21H,10-11,13H2,1H3. The summed E-state index contributed by atoms with van der Waals surface area (Å²) >= 11 is 0. The Bertz CT molecular complexity index is 809. The highest BCUT2D eigenvalue weighted by atomic mass is 16.5. The number of aromatic nitrogens is 1. The van der Waals surface area contributed by atoms with Crippen LogP contribution in [0.3, 0.4) is 0 Å². The average Bonchev–Trinajstić information content (AvgIpc) is 3.06. The van der Waals surface area contributed by atoms with E-state index in [-0.39, 0.29) is 12.3 Å². The Kier molecular flexibility index (Phi) is 5.13. The van der Waals surface area contributed by atoms with E-state index in [0.717, 1.165) is 22.4 Å². The fourth-order valence-electron chi connectivity index (χ4n) is 2.51. The molecular weight excluding hydrogens is 304 g/mol. The van der Waals surface area contributed by atoms with E-state index in [0.29, 0.717) is 18.7 Å². The van der Waals surface area contributed by atoms with Crippen LogP contribution in [-0.2, 0) is 0 Å². The average molecular weight is 324 g/mol. The van der Waals surface area contributed by atoms with Crippen LogP contribution in [0.15, 0.2) is 54.7 Å². The number of H-pyrrole nitrogens is 1. The number of carbonyl (C=O) groups excluding carboxylic acids is 1. The molecule has 0 aliphatic heterocycles. The predicted octanol–water partition coefficient (Wildman–Crippen LogP) is 3.03. The molecule has 3 rings (SSSR count). The molecule has 5 heteroatoms. The molecule has 0 spiro atoms. The summed E-state index contributed by atoms with van der Waals surface area (Å²) in [7, 11) is 1.63. The van der Waals surface area contributed by atoms with Crippen LogP contribution in [0, 0.1) is 0 Å². The Morgan fingerprint density at radius 2 is 1.83 bits per heavy atom. The molecule has 0 atom stereocenters. The molecule has 3 aromatic rings. The second-order valence-electron chi connectivity index (χ2n) is 5.37. The van der Waals surface area contributed by atoms with Crippen molar-refractivity contribution < 1.29 is 14.3 Å². The van der Waals surface area contributed by atoms with Gasteiger partial charge in [-0.1, -0.05) is 18.2 Å². The first kappa shape index (κ1) is 16.1. The zero-order valence-electron chi connectivity index (χ0n) is 13.5. The lowest BCUT2D eigenvalue weighted by atomic mass is 10.1. The predicted molar refractivity (Wildman–Crippen MR) is 94.0 cm³/mol. The number of rotatable bonds is 8. The lowest BCUT2D eigenvalue weighted by Crippen LogP contribution is -2.27. The minimum absolute atomic E-state index is 0.0666. The van der Waals surface area contributed by atoms with Crippen molar-refractivity contribution in [2.75, 3.05) is 26.8 Å². The van der Waals surface area contributed by atoms with E-state index in [9.17, 15) is 4.79 Å². The van der Waals surface area contributed by atoms with Crippen LogP contribution >= 0.6 is 0 Å². The number of hydrogen-bond acceptors (Lipinski definition) is 4. The van der Waals surface area contributed by atoms with Crippen LogP contribution in [0.4, 0.5) is 0 Å². The summed E-state index contributed by atoms with van der Waals surface area (Å²) in [5.41, 5.74) is 1.69. The lowest BCUT2D eigenvalue weighted by Gasteiger charge is -2.08. The van der Waals surface area contributed by atoms with Gasteiger partial charge >= 0.3 is 0 Å². The van der Waals surface area contributed by atoms with E-state index in [1.54, 1.807) is 13.3 Å². The van der Waals surface area contributed by atoms with Crippen molar-refractivity contribution in [1.29, 1.82) is 0 Å². The summed E-state index contributed by atoms with van der Waals surface area (Å²) in [6, 6.07) is 15.2. The van der Waals surface area contributed by atoms with Gasteiger partial charge in [0, 0.05) is 29.2 Å². The van der Waals surface area contributed by atoms with E-state index >= 15 is 0 Å². The number of carbonyl (C=O) groups is 1. The van der Waals surface area contributed by atoms with Crippen molar-refractivity contribution in [3.05, 3.63) is 60.3 Å². The van der Waals surface area contributed by atoms with Gasteiger partial charge in [-0.15, -0.1) is 0 Å². The zero-order valence-corrected chi connectivity index (χ0v) is 13.5. The summed E-state index contributed by atoms with van der Waals surface area (Å²) in [5.74, 6) is 1.64. The van der Waals surface area contributed by atoms with Crippen LogP contribution in [0.1, 0.15) is 10.4 Å². The molecule has 24 heavy (non-hydrogen) atoms. The van der Waals surface area contributed by atoms with Crippen LogP contribution < -0.4 is 14.8 Å². The molecule has 0 radical (unpaired) electrons. The van der Waals surface area contributed by atoms with Gasteiger partial charge in [-0.05, 0) is 30.3 Å². The molecular formula is C19H20N2O3. The van der Waals surface area contributed by atoms with E-state index in [1.165, 1.54) is 0 Å². The molecule has 0 fully saturated rings. The first-order valence-corrected chi connectivity index (χ1v) is 7.85. The molecule has 0 unspecified atom stereocenters. The third-order valence-electron chi connectivity index (χ3n) is 3.78. The first-order valence-electron chi connectivity index (χ1n) is 7.85. The molecule has 1 aromatic heterocycles. The van der Waals surface area contributed by atoms with E-state index in [2.05, 4.69) is 10.3 Å². The van der Waals surface area contributed by atoms with Crippen molar-refractivity contribution >= 4 is 16.7 Å². The number of methoxy groups -OCH3 is 1. The van der Waals surface area contributed by atoms with E-state index in [4.69, 9.17) is 9.47 Å². The highest BCUT2D eigenvalue weighted by Gasteiger charge is 2.10. The smallest absolute Gasteiger partial charge is 0.178 e. The van der Waals surface area contributed by atoms with Crippen molar-refractivity contribution in [2.45, 2.75) is 0 Å². The Labute approximate surface area is 140 Å². The Morgan fingerprint density at radius 1 is 1.08 bits per heavy atom.